The molecule has 2 atom stereocenters. The minimum Gasteiger partial charge on any atom is -0.341 e. The van der Waals surface area contributed by atoms with Gasteiger partial charge in [0.15, 0.2) is 0 Å². The van der Waals surface area contributed by atoms with Gasteiger partial charge in [0, 0.05) is 30.5 Å². The average Bonchev–Trinajstić information content (AvgIpc) is 2.75. The van der Waals surface area contributed by atoms with Crippen molar-refractivity contribution in [2.75, 3.05) is 7.05 Å². The van der Waals surface area contributed by atoms with Crippen molar-refractivity contribution < 1.29 is 4.79 Å². The van der Waals surface area contributed by atoms with E-state index in [9.17, 15) is 4.79 Å². The molecule has 0 aromatic heterocycles. The third-order valence-electron chi connectivity index (χ3n) is 3.89. The minimum absolute atomic E-state index is 0.197. The van der Waals surface area contributed by atoms with E-state index >= 15 is 0 Å². The zero-order chi connectivity index (χ0) is 13.8. The number of hydrogen-bond acceptors (Lipinski definition) is 2. The van der Waals surface area contributed by atoms with E-state index in [1.54, 1.807) is 4.90 Å². The fraction of sp³-hybridized carbons (Fsp3) is 0.533. The Balaban J connectivity index is 1.88. The van der Waals surface area contributed by atoms with Gasteiger partial charge in [0.2, 0.25) is 5.91 Å². The van der Waals surface area contributed by atoms with Crippen molar-refractivity contribution in [2.45, 2.75) is 38.3 Å². The third kappa shape index (κ3) is 4.05. The SMILES string of the molecule is CN(Cc1cccc(Br)c1)C(=O)C[C@@H]1CCC[C@H]1N. The molecule has 0 radical (unpaired) electrons. The molecule has 1 fully saturated rings. The number of amides is 1. The Morgan fingerprint density at radius 3 is 2.89 bits per heavy atom. The van der Waals surface area contributed by atoms with Gasteiger partial charge in [0.25, 0.3) is 0 Å². The summed E-state index contributed by atoms with van der Waals surface area (Å²) in [4.78, 5) is 14.0. The summed E-state index contributed by atoms with van der Waals surface area (Å²) >= 11 is 3.45. The number of benzene rings is 1. The Bertz CT molecular complexity index is 450. The quantitative estimate of drug-likeness (QED) is 0.925. The van der Waals surface area contributed by atoms with Crippen LogP contribution in [0.25, 0.3) is 0 Å². The zero-order valence-electron chi connectivity index (χ0n) is 11.3. The summed E-state index contributed by atoms with van der Waals surface area (Å²) in [5.74, 6) is 0.569. The number of nitrogens with two attached hydrogens (primary N) is 1. The lowest BCUT2D eigenvalue weighted by Crippen LogP contribution is -2.32. The summed E-state index contributed by atoms with van der Waals surface area (Å²) in [6.07, 6.45) is 3.91. The molecular weight excluding hydrogens is 304 g/mol. The molecule has 4 heteroatoms. The van der Waals surface area contributed by atoms with Crippen LogP contribution in [0.2, 0.25) is 0 Å². The van der Waals surface area contributed by atoms with Crippen molar-refractivity contribution in [2.24, 2.45) is 11.7 Å². The van der Waals surface area contributed by atoms with Gasteiger partial charge in [-0.05, 0) is 36.5 Å². The molecule has 0 bridgehead atoms. The van der Waals surface area contributed by atoms with Gasteiger partial charge in [-0.2, -0.15) is 0 Å². The molecule has 1 aliphatic carbocycles. The first-order chi connectivity index (χ1) is 9.06. The number of carbonyl (C=O) groups is 1. The fourth-order valence-corrected chi connectivity index (χ4v) is 3.14. The zero-order valence-corrected chi connectivity index (χ0v) is 12.9. The summed E-state index contributed by atoms with van der Waals surface area (Å²) in [6.45, 7) is 0.653. The summed E-state index contributed by atoms with van der Waals surface area (Å²) in [7, 11) is 1.86. The molecule has 1 aliphatic rings. The number of nitrogens with zero attached hydrogens (tertiary/aromatic N) is 1. The maximum Gasteiger partial charge on any atom is 0.222 e. The smallest absolute Gasteiger partial charge is 0.222 e. The summed E-state index contributed by atoms with van der Waals surface area (Å²) in [6, 6.07) is 8.28. The maximum absolute atomic E-state index is 12.2. The van der Waals surface area contributed by atoms with Gasteiger partial charge in [-0.15, -0.1) is 0 Å². The first kappa shape index (κ1) is 14.5. The van der Waals surface area contributed by atoms with Crippen LogP contribution in [0.15, 0.2) is 28.7 Å². The molecular formula is C15H21BrN2O. The molecule has 2 N–H and O–H groups in total. The van der Waals surface area contributed by atoms with E-state index in [1.807, 2.05) is 31.3 Å². The van der Waals surface area contributed by atoms with E-state index in [-0.39, 0.29) is 11.9 Å². The summed E-state index contributed by atoms with van der Waals surface area (Å²) in [5.41, 5.74) is 7.16. The van der Waals surface area contributed by atoms with Gasteiger partial charge in [-0.3, -0.25) is 4.79 Å². The van der Waals surface area contributed by atoms with Crippen LogP contribution in [0.1, 0.15) is 31.2 Å². The maximum atomic E-state index is 12.2. The predicted molar refractivity (Wildman–Crippen MR) is 80.5 cm³/mol. The molecule has 0 unspecified atom stereocenters. The topological polar surface area (TPSA) is 46.3 Å². The van der Waals surface area contributed by atoms with Crippen LogP contribution in [-0.2, 0) is 11.3 Å². The van der Waals surface area contributed by atoms with Gasteiger partial charge >= 0.3 is 0 Å². The minimum atomic E-state index is 0.197. The van der Waals surface area contributed by atoms with Crippen LogP contribution in [0, 0.1) is 5.92 Å². The molecule has 0 heterocycles. The average molecular weight is 325 g/mol. The van der Waals surface area contributed by atoms with E-state index in [1.165, 1.54) is 0 Å². The number of halogens is 1. The lowest BCUT2D eigenvalue weighted by atomic mass is 9.99. The Kier molecular flexibility index (Phi) is 4.99. The highest BCUT2D eigenvalue weighted by atomic mass is 79.9. The van der Waals surface area contributed by atoms with E-state index in [2.05, 4.69) is 15.9 Å². The van der Waals surface area contributed by atoms with E-state index < -0.39 is 0 Å². The van der Waals surface area contributed by atoms with Crippen molar-refractivity contribution >= 4 is 21.8 Å². The molecule has 2 rings (SSSR count). The molecule has 0 aliphatic heterocycles. The van der Waals surface area contributed by atoms with E-state index in [4.69, 9.17) is 5.73 Å². The molecule has 0 saturated heterocycles. The molecule has 19 heavy (non-hydrogen) atoms. The molecule has 1 aromatic rings. The van der Waals surface area contributed by atoms with Gasteiger partial charge in [0.1, 0.15) is 0 Å². The van der Waals surface area contributed by atoms with Crippen LogP contribution in [0.5, 0.6) is 0 Å². The largest absolute Gasteiger partial charge is 0.341 e. The first-order valence-electron chi connectivity index (χ1n) is 6.80. The molecule has 0 spiro atoms. The van der Waals surface area contributed by atoms with Crippen LogP contribution in [-0.4, -0.2) is 23.9 Å². The molecule has 1 amide bonds. The van der Waals surface area contributed by atoms with Crippen LogP contribution >= 0.6 is 15.9 Å². The Hall–Kier alpha value is -0.870. The molecule has 104 valence electrons. The second-order valence-corrected chi connectivity index (χ2v) is 6.35. The Labute approximate surface area is 123 Å². The fourth-order valence-electron chi connectivity index (χ4n) is 2.70. The van der Waals surface area contributed by atoms with Crippen LogP contribution in [0.4, 0.5) is 0 Å². The van der Waals surface area contributed by atoms with Gasteiger partial charge in [0.05, 0.1) is 0 Å². The number of rotatable bonds is 4. The van der Waals surface area contributed by atoms with Crippen molar-refractivity contribution in [3.8, 4) is 0 Å². The van der Waals surface area contributed by atoms with Crippen molar-refractivity contribution in [1.82, 2.24) is 4.90 Å². The number of hydrogen-bond donors (Lipinski definition) is 1. The van der Waals surface area contributed by atoms with E-state index in [0.29, 0.717) is 18.9 Å². The molecule has 1 aromatic carbocycles. The lowest BCUT2D eigenvalue weighted by molar-refractivity contribution is -0.131. The molecule has 3 nitrogen and oxygen atoms in total. The van der Waals surface area contributed by atoms with Crippen molar-refractivity contribution in [1.29, 1.82) is 0 Å². The highest BCUT2D eigenvalue weighted by Gasteiger charge is 2.27. The predicted octanol–water partition coefficient (Wildman–Crippen LogP) is 2.93. The van der Waals surface area contributed by atoms with Crippen LogP contribution < -0.4 is 5.73 Å². The number of carbonyl (C=O) groups excluding carboxylic acids is 1. The monoisotopic (exact) mass is 324 g/mol. The Morgan fingerprint density at radius 2 is 2.26 bits per heavy atom. The third-order valence-corrected chi connectivity index (χ3v) is 4.38. The summed E-state index contributed by atoms with van der Waals surface area (Å²) < 4.78 is 1.05. The standard InChI is InChI=1S/C15H21BrN2O/c1-18(10-11-4-2-6-13(16)8-11)15(19)9-12-5-3-7-14(12)17/h2,4,6,8,12,14H,3,5,7,9-10,17H2,1H3/t12-,14+/m0/s1. The second-order valence-electron chi connectivity index (χ2n) is 5.44. The highest BCUT2D eigenvalue weighted by Crippen LogP contribution is 2.27. The highest BCUT2D eigenvalue weighted by molar-refractivity contribution is 9.10. The van der Waals surface area contributed by atoms with Gasteiger partial charge < -0.3 is 10.6 Å². The van der Waals surface area contributed by atoms with Crippen molar-refractivity contribution in [3.05, 3.63) is 34.3 Å². The lowest BCUT2D eigenvalue weighted by Gasteiger charge is -2.21. The van der Waals surface area contributed by atoms with Crippen molar-refractivity contribution in [3.63, 3.8) is 0 Å². The first-order valence-corrected chi connectivity index (χ1v) is 7.59. The van der Waals surface area contributed by atoms with Crippen LogP contribution in [0.3, 0.4) is 0 Å². The van der Waals surface area contributed by atoms with Gasteiger partial charge in [-0.1, -0.05) is 34.5 Å². The summed E-state index contributed by atoms with van der Waals surface area (Å²) in [5, 5.41) is 0. The van der Waals surface area contributed by atoms with E-state index in [0.717, 1.165) is 29.3 Å². The van der Waals surface area contributed by atoms with Gasteiger partial charge in [-0.25, -0.2) is 0 Å². The normalized spacial score (nSPS) is 22.5. The molecule has 1 saturated carbocycles. The second kappa shape index (κ2) is 6.53. The Morgan fingerprint density at radius 1 is 1.47 bits per heavy atom.